The Balaban J connectivity index is 0.00000156. The fourth-order valence-corrected chi connectivity index (χ4v) is 4.21. The van der Waals surface area contributed by atoms with Crippen LogP contribution in [0.5, 0.6) is 0 Å². The molecule has 1 amide bonds. The fourth-order valence-electron chi connectivity index (χ4n) is 3.48. The largest absolute Gasteiger partial charge is 0.344 e. The summed E-state index contributed by atoms with van der Waals surface area (Å²) in [4.78, 5) is 26.6. The van der Waals surface area contributed by atoms with Gasteiger partial charge in [-0.05, 0) is 30.7 Å². The van der Waals surface area contributed by atoms with Gasteiger partial charge in [-0.25, -0.2) is 9.97 Å². The minimum absolute atomic E-state index is 0. The van der Waals surface area contributed by atoms with E-state index in [4.69, 9.17) is 5.73 Å². The molecule has 0 aromatic carbocycles. The number of rotatable bonds is 2. The van der Waals surface area contributed by atoms with Crippen molar-refractivity contribution in [2.75, 3.05) is 24.5 Å². The van der Waals surface area contributed by atoms with E-state index in [1.54, 1.807) is 17.7 Å². The molecule has 124 valence electrons. The van der Waals surface area contributed by atoms with E-state index in [-0.39, 0.29) is 30.4 Å². The standard InChI is InChI=1S/C15H19N5OS.ClH/c16-10-3-6-19(8-10)15(21)12-2-1-5-20(12)13-11-4-7-22-14(11)18-9-17-13;/h4,7,9-10,12H,1-3,5-6,8,16H2;1H/t10-,12?;/m1./s1. The first kappa shape index (κ1) is 16.4. The summed E-state index contributed by atoms with van der Waals surface area (Å²) in [5, 5.41) is 3.07. The molecule has 2 aromatic rings. The van der Waals surface area contributed by atoms with Gasteiger partial charge in [0.2, 0.25) is 5.91 Å². The average molecular weight is 354 g/mol. The Morgan fingerprint density at radius 1 is 1.30 bits per heavy atom. The van der Waals surface area contributed by atoms with Crippen molar-refractivity contribution in [2.24, 2.45) is 5.73 Å². The van der Waals surface area contributed by atoms with Gasteiger partial charge >= 0.3 is 0 Å². The number of nitrogens with two attached hydrogens (primary N) is 1. The van der Waals surface area contributed by atoms with Crippen molar-refractivity contribution in [1.82, 2.24) is 14.9 Å². The summed E-state index contributed by atoms with van der Waals surface area (Å²) in [6, 6.07) is 2.06. The molecule has 2 atom stereocenters. The number of likely N-dealkylation sites (tertiary alicyclic amines) is 1. The molecule has 4 heterocycles. The van der Waals surface area contributed by atoms with Crippen LogP contribution in [0.2, 0.25) is 0 Å². The normalized spacial score (nSPS) is 24.2. The quantitative estimate of drug-likeness (QED) is 0.888. The van der Waals surface area contributed by atoms with Crippen LogP contribution < -0.4 is 10.6 Å². The lowest BCUT2D eigenvalue weighted by Gasteiger charge is -2.28. The van der Waals surface area contributed by atoms with E-state index < -0.39 is 0 Å². The number of fused-ring (bicyclic) bond motifs is 1. The molecule has 1 unspecified atom stereocenters. The van der Waals surface area contributed by atoms with Gasteiger partial charge in [0.05, 0.1) is 5.39 Å². The average Bonchev–Trinajstić information content (AvgIpc) is 3.25. The van der Waals surface area contributed by atoms with Crippen molar-refractivity contribution in [3.8, 4) is 0 Å². The third-order valence-electron chi connectivity index (χ3n) is 4.59. The topological polar surface area (TPSA) is 75.3 Å². The van der Waals surface area contributed by atoms with Crippen molar-refractivity contribution < 1.29 is 4.79 Å². The minimum Gasteiger partial charge on any atom is -0.344 e. The summed E-state index contributed by atoms with van der Waals surface area (Å²) in [5.41, 5.74) is 5.94. The maximum Gasteiger partial charge on any atom is 0.245 e. The predicted molar refractivity (Wildman–Crippen MR) is 94.2 cm³/mol. The second-order valence-corrected chi connectivity index (χ2v) is 6.92. The van der Waals surface area contributed by atoms with Crippen molar-refractivity contribution in [3.63, 3.8) is 0 Å². The third kappa shape index (κ3) is 2.88. The zero-order valence-corrected chi connectivity index (χ0v) is 14.4. The lowest BCUT2D eigenvalue weighted by Crippen LogP contribution is -2.46. The van der Waals surface area contributed by atoms with Gasteiger partial charge in [0.15, 0.2) is 0 Å². The molecule has 2 N–H and O–H groups in total. The van der Waals surface area contributed by atoms with E-state index in [1.807, 2.05) is 16.3 Å². The third-order valence-corrected chi connectivity index (χ3v) is 5.41. The number of carbonyl (C=O) groups is 1. The van der Waals surface area contributed by atoms with Gasteiger partial charge in [-0.15, -0.1) is 23.7 Å². The summed E-state index contributed by atoms with van der Waals surface area (Å²) in [7, 11) is 0. The molecule has 2 aliphatic rings. The summed E-state index contributed by atoms with van der Waals surface area (Å²) in [6.45, 7) is 2.33. The van der Waals surface area contributed by atoms with Crippen LogP contribution in [-0.4, -0.2) is 52.5 Å². The first-order chi connectivity index (χ1) is 10.7. The second-order valence-electron chi connectivity index (χ2n) is 6.02. The maximum atomic E-state index is 12.8. The number of hydrogen-bond acceptors (Lipinski definition) is 6. The molecule has 0 bridgehead atoms. The highest BCUT2D eigenvalue weighted by Gasteiger charge is 2.37. The zero-order valence-electron chi connectivity index (χ0n) is 12.7. The van der Waals surface area contributed by atoms with E-state index in [1.165, 1.54) is 0 Å². The number of amides is 1. The molecule has 2 fully saturated rings. The van der Waals surface area contributed by atoms with Crippen LogP contribution in [0, 0.1) is 0 Å². The number of hydrogen-bond donors (Lipinski definition) is 1. The van der Waals surface area contributed by atoms with Gasteiger partial charge < -0.3 is 15.5 Å². The van der Waals surface area contributed by atoms with Crippen LogP contribution in [0.15, 0.2) is 17.8 Å². The molecule has 0 spiro atoms. The van der Waals surface area contributed by atoms with Crippen LogP contribution in [-0.2, 0) is 4.79 Å². The number of aromatic nitrogens is 2. The molecule has 0 saturated carbocycles. The van der Waals surface area contributed by atoms with Crippen molar-refractivity contribution in [3.05, 3.63) is 17.8 Å². The number of nitrogens with zero attached hydrogens (tertiary/aromatic N) is 4. The molecule has 4 rings (SSSR count). The molecule has 0 radical (unpaired) electrons. The summed E-state index contributed by atoms with van der Waals surface area (Å²) >= 11 is 1.61. The van der Waals surface area contributed by atoms with Crippen LogP contribution in [0.3, 0.4) is 0 Å². The van der Waals surface area contributed by atoms with Gasteiger partial charge in [-0.1, -0.05) is 0 Å². The highest BCUT2D eigenvalue weighted by molar-refractivity contribution is 7.16. The molecule has 2 aliphatic heterocycles. The molecular weight excluding hydrogens is 334 g/mol. The highest BCUT2D eigenvalue weighted by atomic mass is 35.5. The zero-order chi connectivity index (χ0) is 15.1. The van der Waals surface area contributed by atoms with Crippen LogP contribution in [0.4, 0.5) is 5.82 Å². The lowest BCUT2D eigenvalue weighted by molar-refractivity contribution is -0.131. The second kappa shape index (κ2) is 6.59. The van der Waals surface area contributed by atoms with Gasteiger partial charge in [-0.3, -0.25) is 4.79 Å². The van der Waals surface area contributed by atoms with E-state index in [2.05, 4.69) is 14.9 Å². The van der Waals surface area contributed by atoms with Crippen molar-refractivity contribution in [2.45, 2.75) is 31.3 Å². The van der Waals surface area contributed by atoms with Gasteiger partial charge in [-0.2, -0.15) is 0 Å². The Morgan fingerprint density at radius 2 is 2.17 bits per heavy atom. The van der Waals surface area contributed by atoms with Gasteiger partial charge in [0, 0.05) is 25.7 Å². The minimum atomic E-state index is -0.108. The first-order valence-electron chi connectivity index (χ1n) is 7.73. The van der Waals surface area contributed by atoms with Gasteiger partial charge in [0.25, 0.3) is 0 Å². The number of anilines is 1. The highest BCUT2D eigenvalue weighted by Crippen LogP contribution is 2.32. The Hall–Kier alpha value is -1.44. The van der Waals surface area contributed by atoms with Crippen LogP contribution >= 0.6 is 23.7 Å². The Labute approximate surface area is 145 Å². The van der Waals surface area contributed by atoms with Crippen molar-refractivity contribution in [1.29, 1.82) is 0 Å². The lowest BCUT2D eigenvalue weighted by atomic mass is 10.2. The number of thiophene rings is 1. The van der Waals surface area contributed by atoms with E-state index in [0.717, 1.165) is 48.4 Å². The van der Waals surface area contributed by atoms with E-state index >= 15 is 0 Å². The van der Waals surface area contributed by atoms with Crippen LogP contribution in [0.1, 0.15) is 19.3 Å². The molecule has 2 aromatic heterocycles. The molecular formula is C15H20ClN5OS. The Bertz CT molecular complexity index is 708. The van der Waals surface area contributed by atoms with E-state index in [9.17, 15) is 4.79 Å². The summed E-state index contributed by atoms with van der Waals surface area (Å²) in [5.74, 6) is 1.10. The maximum absolute atomic E-state index is 12.8. The Kier molecular flexibility index (Phi) is 4.70. The molecule has 23 heavy (non-hydrogen) atoms. The summed E-state index contributed by atoms with van der Waals surface area (Å²) in [6.07, 6.45) is 4.41. The predicted octanol–water partition coefficient (Wildman–Crippen LogP) is 1.64. The van der Waals surface area contributed by atoms with E-state index in [0.29, 0.717) is 6.54 Å². The number of carbonyl (C=O) groups excluding carboxylic acids is 1. The Morgan fingerprint density at radius 3 is 2.96 bits per heavy atom. The molecule has 6 nitrogen and oxygen atoms in total. The molecule has 2 saturated heterocycles. The smallest absolute Gasteiger partial charge is 0.245 e. The van der Waals surface area contributed by atoms with Crippen LogP contribution in [0.25, 0.3) is 10.2 Å². The SMILES string of the molecule is Cl.N[C@@H]1CCN(C(=O)C2CCCN2c2ncnc3sccc23)C1. The number of halogens is 1. The first-order valence-corrected chi connectivity index (χ1v) is 8.61. The summed E-state index contributed by atoms with van der Waals surface area (Å²) < 4.78 is 0. The van der Waals surface area contributed by atoms with Crippen molar-refractivity contribution >= 4 is 45.7 Å². The van der Waals surface area contributed by atoms with Gasteiger partial charge in [0.1, 0.15) is 23.0 Å². The molecule has 0 aliphatic carbocycles. The monoisotopic (exact) mass is 353 g/mol. The molecule has 8 heteroatoms. The fraction of sp³-hybridized carbons (Fsp3) is 0.533.